The van der Waals surface area contributed by atoms with Crippen molar-refractivity contribution < 1.29 is 9.59 Å². The summed E-state index contributed by atoms with van der Waals surface area (Å²) in [6, 6.07) is 3.75. The van der Waals surface area contributed by atoms with Crippen molar-refractivity contribution in [1.82, 2.24) is 9.88 Å². The minimum Gasteiger partial charge on any atom is -0.334 e. The number of nitrogens with zero attached hydrogens (tertiary/aromatic N) is 2. The smallest absolute Gasteiger partial charge is 0.265 e. The van der Waals surface area contributed by atoms with E-state index in [2.05, 4.69) is 25.8 Å². The van der Waals surface area contributed by atoms with Crippen LogP contribution in [0, 0.1) is 0 Å². The van der Waals surface area contributed by atoms with Crippen LogP contribution in [0.2, 0.25) is 0 Å². The quantitative estimate of drug-likeness (QED) is 0.759. The number of amides is 1. The van der Waals surface area contributed by atoms with Gasteiger partial charge in [-0.2, -0.15) is 0 Å². The third-order valence-corrected chi connectivity index (χ3v) is 6.54. The number of Topliss-reactive ketones (excluding diaryl/α,β-unsaturated/α-hetero) is 1. The summed E-state index contributed by atoms with van der Waals surface area (Å²) < 4.78 is 0. The van der Waals surface area contributed by atoms with Crippen molar-refractivity contribution in [3.63, 3.8) is 0 Å². The monoisotopic (exact) mass is 362 g/mol. The minimum absolute atomic E-state index is 0.00675. The van der Waals surface area contributed by atoms with Crippen molar-refractivity contribution >= 4 is 34.4 Å². The van der Waals surface area contributed by atoms with Crippen LogP contribution in [-0.2, 0) is 5.41 Å². The van der Waals surface area contributed by atoms with Gasteiger partial charge >= 0.3 is 0 Å². The Morgan fingerprint density at radius 1 is 1.33 bits per heavy atom. The first kappa shape index (κ1) is 17.3. The number of hydrogen-bond acceptors (Lipinski definition) is 5. The van der Waals surface area contributed by atoms with Gasteiger partial charge in [0, 0.05) is 24.4 Å². The van der Waals surface area contributed by atoms with E-state index < -0.39 is 0 Å². The number of thiazole rings is 1. The fourth-order valence-electron chi connectivity index (χ4n) is 2.93. The number of rotatable bonds is 4. The molecule has 0 spiro atoms. The highest BCUT2D eigenvalue weighted by atomic mass is 32.1. The molecule has 24 heavy (non-hydrogen) atoms. The molecule has 1 unspecified atom stereocenters. The van der Waals surface area contributed by atoms with Gasteiger partial charge in [-0.1, -0.05) is 26.8 Å². The molecule has 0 bridgehead atoms. The number of likely N-dealkylation sites (tertiary alicyclic amines) is 1. The second-order valence-corrected chi connectivity index (χ2v) is 9.16. The molecular weight excluding hydrogens is 340 g/mol. The number of carbonyl (C=O) groups is 2. The van der Waals surface area contributed by atoms with Crippen molar-refractivity contribution in [1.29, 1.82) is 0 Å². The molecular formula is C18H22N2O2S2. The Labute approximate surface area is 150 Å². The fraction of sp³-hybridized carbons (Fsp3) is 0.500. The zero-order chi connectivity index (χ0) is 17.3. The second kappa shape index (κ2) is 6.76. The predicted octanol–water partition coefficient (Wildman–Crippen LogP) is 4.38. The maximum absolute atomic E-state index is 12.9. The van der Waals surface area contributed by atoms with E-state index in [1.807, 2.05) is 22.4 Å². The summed E-state index contributed by atoms with van der Waals surface area (Å²) in [5.41, 5.74) is -0.0528. The van der Waals surface area contributed by atoms with E-state index in [1.165, 1.54) is 22.7 Å². The maximum atomic E-state index is 12.9. The molecule has 0 saturated carbocycles. The summed E-state index contributed by atoms with van der Waals surface area (Å²) in [7, 11) is 0. The van der Waals surface area contributed by atoms with Crippen molar-refractivity contribution in [2.75, 3.05) is 6.54 Å². The van der Waals surface area contributed by atoms with Gasteiger partial charge in [-0.3, -0.25) is 9.59 Å². The molecule has 6 heteroatoms. The Morgan fingerprint density at radius 3 is 2.75 bits per heavy atom. The van der Waals surface area contributed by atoms with Crippen molar-refractivity contribution in [2.45, 2.75) is 51.5 Å². The summed E-state index contributed by atoms with van der Waals surface area (Å²) >= 11 is 2.93. The first-order valence-corrected chi connectivity index (χ1v) is 9.90. The van der Waals surface area contributed by atoms with Crippen LogP contribution in [0.5, 0.6) is 0 Å². The first-order chi connectivity index (χ1) is 11.4. The second-order valence-electron chi connectivity index (χ2n) is 7.18. The molecule has 3 heterocycles. The third-order valence-electron chi connectivity index (χ3n) is 4.21. The molecule has 1 aliphatic rings. The van der Waals surface area contributed by atoms with Crippen LogP contribution >= 0.6 is 22.7 Å². The van der Waals surface area contributed by atoms with E-state index in [9.17, 15) is 9.59 Å². The zero-order valence-electron chi connectivity index (χ0n) is 14.2. The van der Waals surface area contributed by atoms with E-state index in [4.69, 9.17) is 0 Å². The van der Waals surface area contributed by atoms with Gasteiger partial charge in [0.2, 0.25) is 0 Å². The van der Waals surface area contributed by atoms with Gasteiger partial charge in [0.05, 0.1) is 16.1 Å². The largest absolute Gasteiger partial charge is 0.334 e. The normalized spacial score (nSPS) is 18.1. The van der Waals surface area contributed by atoms with Crippen LogP contribution in [-0.4, -0.2) is 34.2 Å². The molecule has 0 aliphatic carbocycles. The van der Waals surface area contributed by atoms with Gasteiger partial charge in [-0.15, -0.1) is 22.7 Å². The highest BCUT2D eigenvalue weighted by Gasteiger charge is 2.32. The number of hydrogen-bond donors (Lipinski definition) is 0. The van der Waals surface area contributed by atoms with Crippen LogP contribution in [0.3, 0.4) is 0 Å². The Hall–Kier alpha value is -1.53. The molecule has 0 radical (unpaired) electrons. The van der Waals surface area contributed by atoms with Gasteiger partial charge in [0.1, 0.15) is 4.88 Å². The van der Waals surface area contributed by atoms with Gasteiger partial charge < -0.3 is 4.90 Å². The predicted molar refractivity (Wildman–Crippen MR) is 98.1 cm³/mol. The lowest BCUT2D eigenvalue weighted by atomic mass is 9.98. The van der Waals surface area contributed by atoms with E-state index in [0.29, 0.717) is 11.3 Å². The molecule has 2 aromatic rings. The van der Waals surface area contributed by atoms with Crippen LogP contribution in [0.1, 0.15) is 64.4 Å². The van der Waals surface area contributed by atoms with Crippen LogP contribution < -0.4 is 0 Å². The molecule has 2 aromatic heterocycles. The van der Waals surface area contributed by atoms with Crippen molar-refractivity contribution in [3.05, 3.63) is 38.5 Å². The maximum Gasteiger partial charge on any atom is 0.265 e. The molecule has 3 rings (SSSR count). The molecule has 0 aromatic carbocycles. The van der Waals surface area contributed by atoms with Gasteiger partial charge in [-0.25, -0.2) is 4.98 Å². The van der Waals surface area contributed by atoms with Crippen LogP contribution in [0.15, 0.2) is 23.7 Å². The van der Waals surface area contributed by atoms with Gasteiger partial charge in [0.25, 0.3) is 5.91 Å². The van der Waals surface area contributed by atoms with Gasteiger partial charge in [-0.05, 0) is 24.3 Å². The highest BCUT2D eigenvalue weighted by Crippen LogP contribution is 2.30. The van der Waals surface area contributed by atoms with E-state index in [0.717, 1.165) is 29.3 Å². The average Bonchev–Trinajstić information content (AvgIpc) is 3.26. The molecule has 4 nitrogen and oxygen atoms in total. The minimum atomic E-state index is -0.0528. The molecule has 128 valence electrons. The zero-order valence-corrected chi connectivity index (χ0v) is 15.9. The van der Waals surface area contributed by atoms with E-state index in [1.54, 1.807) is 6.20 Å². The number of ketones is 1. The topological polar surface area (TPSA) is 50.3 Å². The van der Waals surface area contributed by atoms with Crippen molar-refractivity contribution in [2.24, 2.45) is 0 Å². The Balaban J connectivity index is 1.72. The standard InChI is InChI=1S/C18H22N2O2S2/c1-18(2,3)17-19-11-15(24-17)16(22)20-8-4-6-12(20)10-13(21)14-7-5-9-23-14/h5,7,9,11-12H,4,6,8,10H2,1-3H3. The van der Waals surface area contributed by atoms with E-state index >= 15 is 0 Å². The Kier molecular flexibility index (Phi) is 4.88. The lowest BCUT2D eigenvalue weighted by Crippen LogP contribution is -2.36. The summed E-state index contributed by atoms with van der Waals surface area (Å²) in [6.45, 7) is 7.01. The molecule has 0 N–H and O–H groups in total. The summed E-state index contributed by atoms with van der Waals surface area (Å²) in [6.07, 6.45) is 3.95. The summed E-state index contributed by atoms with van der Waals surface area (Å²) in [4.78, 5) is 33.0. The van der Waals surface area contributed by atoms with E-state index in [-0.39, 0.29) is 23.1 Å². The molecule has 1 saturated heterocycles. The van der Waals surface area contributed by atoms with Crippen LogP contribution in [0.4, 0.5) is 0 Å². The Morgan fingerprint density at radius 2 is 2.12 bits per heavy atom. The molecule has 1 aliphatic heterocycles. The van der Waals surface area contributed by atoms with Gasteiger partial charge in [0.15, 0.2) is 5.78 Å². The average molecular weight is 363 g/mol. The number of carbonyl (C=O) groups excluding carboxylic acids is 2. The van der Waals surface area contributed by atoms with Crippen LogP contribution in [0.25, 0.3) is 0 Å². The molecule has 1 fully saturated rings. The van der Waals surface area contributed by atoms with Crippen molar-refractivity contribution in [3.8, 4) is 0 Å². The summed E-state index contributed by atoms with van der Waals surface area (Å²) in [5, 5.41) is 2.88. The lowest BCUT2D eigenvalue weighted by Gasteiger charge is -2.23. The Bertz CT molecular complexity index is 729. The number of thiophene rings is 1. The third kappa shape index (κ3) is 3.59. The fourth-order valence-corrected chi connectivity index (χ4v) is 4.53. The SMILES string of the molecule is CC(C)(C)c1ncc(C(=O)N2CCCC2CC(=O)c2cccs2)s1. The molecule has 1 amide bonds. The molecule has 1 atom stereocenters. The highest BCUT2D eigenvalue weighted by molar-refractivity contribution is 7.13. The number of aromatic nitrogens is 1. The summed E-state index contributed by atoms with van der Waals surface area (Å²) in [5.74, 6) is 0.152. The lowest BCUT2D eigenvalue weighted by molar-refractivity contribution is 0.0722. The first-order valence-electron chi connectivity index (χ1n) is 8.20.